The number of nitro groups is 1. The summed E-state index contributed by atoms with van der Waals surface area (Å²) in [4.78, 5) is 22.3. The van der Waals surface area contributed by atoms with Crippen molar-refractivity contribution in [2.24, 2.45) is 0 Å². The van der Waals surface area contributed by atoms with E-state index >= 15 is 0 Å². The van der Waals surface area contributed by atoms with E-state index in [0.29, 0.717) is 0 Å². The Morgan fingerprint density at radius 2 is 1.74 bits per heavy atom. The third kappa shape index (κ3) is 6.62. The first-order chi connectivity index (χ1) is 10.4. The molecule has 0 unspecified atom stereocenters. The van der Waals surface area contributed by atoms with Gasteiger partial charge < -0.3 is 19.7 Å². The molecule has 0 aliphatic rings. The number of nitro benzene ring substituents is 1. The smallest absolute Gasteiger partial charge is 0.345 e. The largest absolute Gasteiger partial charge is 0.491 e. The van der Waals surface area contributed by atoms with Crippen molar-refractivity contribution < 1.29 is 29.4 Å². The van der Waals surface area contributed by atoms with Crippen LogP contribution >= 0.6 is 0 Å². The average molecular weight is 327 g/mol. The first-order valence-electron chi connectivity index (χ1n) is 6.92. The summed E-state index contributed by atoms with van der Waals surface area (Å²) in [6.45, 7) is 5.60. The highest BCUT2D eigenvalue weighted by molar-refractivity contribution is 5.94. The Balaban J connectivity index is 3.01. The van der Waals surface area contributed by atoms with E-state index < -0.39 is 27.8 Å². The first-order valence-corrected chi connectivity index (χ1v) is 6.92. The summed E-state index contributed by atoms with van der Waals surface area (Å²) < 4.78 is 10.2. The van der Waals surface area contributed by atoms with E-state index in [2.05, 4.69) is 0 Å². The van der Waals surface area contributed by atoms with Crippen LogP contribution in [0.4, 0.5) is 5.69 Å². The number of hydrogen-bond donors (Lipinski definition) is 2. The second kappa shape index (κ2) is 6.93. The minimum Gasteiger partial charge on any atom is -0.491 e. The topological polar surface area (TPSA) is 119 Å². The zero-order chi connectivity index (χ0) is 17.8. The van der Waals surface area contributed by atoms with Crippen molar-refractivity contribution in [1.29, 1.82) is 0 Å². The molecule has 1 aromatic carbocycles. The molecule has 128 valence electrons. The van der Waals surface area contributed by atoms with Crippen LogP contribution in [0, 0.1) is 10.1 Å². The van der Waals surface area contributed by atoms with Gasteiger partial charge in [0.15, 0.2) is 0 Å². The van der Waals surface area contributed by atoms with Crippen molar-refractivity contribution in [2.45, 2.75) is 38.9 Å². The van der Waals surface area contributed by atoms with Gasteiger partial charge in [0.25, 0.3) is 5.69 Å². The van der Waals surface area contributed by atoms with Crippen molar-refractivity contribution in [3.05, 3.63) is 33.9 Å². The molecule has 0 saturated carbocycles. The Hall–Kier alpha value is -2.19. The van der Waals surface area contributed by atoms with Gasteiger partial charge in [0.1, 0.15) is 24.5 Å². The lowest BCUT2D eigenvalue weighted by Crippen LogP contribution is -2.28. The maximum Gasteiger partial charge on any atom is 0.345 e. The Bertz CT molecular complexity index is 584. The molecule has 2 N–H and O–H groups in total. The van der Waals surface area contributed by atoms with E-state index in [1.807, 2.05) is 0 Å². The number of hydrogen-bond acceptors (Lipinski definition) is 7. The predicted octanol–water partition coefficient (Wildman–Crippen LogP) is 1.67. The molecule has 8 nitrogen and oxygen atoms in total. The van der Waals surface area contributed by atoms with Gasteiger partial charge in [-0.15, -0.1) is 0 Å². The molecule has 1 rings (SSSR count). The zero-order valence-corrected chi connectivity index (χ0v) is 13.5. The van der Waals surface area contributed by atoms with Gasteiger partial charge in [0, 0.05) is 12.1 Å². The third-order valence-corrected chi connectivity index (χ3v) is 2.53. The maximum atomic E-state index is 12.0. The highest BCUT2D eigenvalue weighted by atomic mass is 16.6. The fourth-order valence-electron chi connectivity index (χ4n) is 1.51. The zero-order valence-electron chi connectivity index (χ0n) is 13.5. The summed E-state index contributed by atoms with van der Waals surface area (Å²) in [7, 11) is 0. The molecular formula is C15H21NO7. The van der Waals surface area contributed by atoms with E-state index in [9.17, 15) is 25.1 Å². The maximum absolute atomic E-state index is 12.0. The van der Waals surface area contributed by atoms with Gasteiger partial charge in [-0.1, -0.05) is 0 Å². The molecule has 0 saturated heterocycles. The normalized spacial score (nSPS) is 11.9. The second-order valence-corrected chi connectivity index (χ2v) is 6.43. The molecule has 23 heavy (non-hydrogen) atoms. The Kier molecular flexibility index (Phi) is 5.68. The SMILES string of the molecule is CC(C)(O)COC(=O)c1cc(OCC(C)(C)O)ccc1[N+](=O)[O-]. The van der Waals surface area contributed by atoms with Crippen LogP contribution in [0.5, 0.6) is 5.75 Å². The molecule has 0 aromatic heterocycles. The van der Waals surface area contributed by atoms with Crippen molar-refractivity contribution in [3.8, 4) is 5.75 Å². The number of nitrogens with zero attached hydrogens (tertiary/aromatic N) is 1. The number of aliphatic hydroxyl groups is 2. The molecule has 1 aromatic rings. The lowest BCUT2D eigenvalue weighted by atomic mass is 10.1. The summed E-state index contributed by atoms with van der Waals surface area (Å²) in [6.07, 6.45) is 0. The average Bonchev–Trinajstić information content (AvgIpc) is 2.40. The first kappa shape index (κ1) is 18.9. The van der Waals surface area contributed by atoms with E-state index in [0.717, 1.165) is 6.07 Å². The van der Waals surface area contributed by atoms with Gasteiger partial charge in [-0.2, -0.15) is 0 Å². The van der Waals surface area contributed by atoms with E-state index in [-0.39, 0.29) is 24.5 Å². The minimum absolute atomic E-state index is 0.0526. The lowest BCUT2D eigenvalue weighted by molar-refractivity contribution is -0.385. The molecule has 0 spiro atoms. The van der Waals surface area contributed by atoms with Crippen molar-refractivity contribution >= 4 is 11.7 Å². The Morgan fingerprint density at radius 1 is 1.17 bits per heavy atom. The van der Waals surface area contributed by atoms with Crippen molar-refractivity contribution in [1.82, 2.24) is 0 Å². The number of carbonyl (C=O) groups excluding carboxylic acids is 1. The van der Waals surface area contributed by atoms with Crippen LogP contribution in [0.3, 0.4) is 0 Å². The third-order valence-electron chi connectivity index (χ3n) is 2.53. The van der Waals surface area contributed by atoms with Crippen molar-refractivity contribution in [3.63, 3.8) is 0 Å². The number of benzene rings is 1. The van der Waals surface area contributed by atoms with Gasteiger partial charge in [-0.05, 0) is 33.8 Å². The molecule has 0 aliphatic carbocycles. The second-order valence-electron chi connectivity index (χ2n) is 6.43. The number of rotatable bonds is 7. The van der Waals surface area contributed by atoms with Gasteiger partial charge >= 0.3 is 5.97 Å². The van der Waals surface area contributed by atoms with Crippen LogP contribution in [0.15, 0.2) is 18.2 Å². The van der Waals surface area contributed by atoms with Crippen LogP contribution in [0.2, 0.25) is 0 Å². The van der Waals surface area contributed by atoms with Gasteiger partial charge in [0.05, 0.1) is 16.1 Å². The van der Waals surface area contributed by atoms with Crippen LogP contribution < -0.4 is 4.74 Å². The molecule has 0 radical (unpaired) electrons. The summed E-state index contributed by atoms with van der Waals surface area (Å²) in [5.74, 6) is -0.750. The highest BCUT2D eigenvalue weighted by Crippen LogP contribution is 2.25. The summed E-state index contributed by atoms with van der Waals surface area (Å²) in [5.41, 5.74) is -3.06. The summed E-state index contributed by atoms with van der Waals surface area (Å²) in [6, 6.07) is 3.63. The molecule has 0 fully saturated rings. The summed E-state index contributed by atoms with van der Waals surface area (Å²) >= 11 is 0. The van der Waals surface area contributed by atoms with Crippen LogP contribution in [-0.2, 0) is 4.74 Å². The van der Waals surface area contributed by atoms with E-state index in [4.69, 9.17) is 9.47 Å². The predicted molar refractivity (Wildman–Crippen MR) is 81.5 cm³/mol. The molecule has 0 heterocycles. The van der Waals surface area contributed by atoms with Gasteiger partial charge in [0.2, 0.25) is 0 Å². The standard InChI is InChI=1S/C15H21NO7/c1-14(2,18)8-22-10-5-6-12(16(20)21)11(7-10)13(17)23-9-15(3,4)19/h5-7,18-19H,8-9H2,1-4H3. The van der Waals surface area contributed by atoms with Gasteiger partial charge in [-0.3, -0.25) is 10.1 Å². The molecule has 0 aliphatic heterocycles. The van der Waals surface area contributed by atoms with Crippen LogP contribution in [0.1, 0.15) is 38.1 Å². The fraction of sp³-hybridized carbons (Fsp3) is 0.533. The van der Waals surface area contributed by atoms with Crippen LogP contribution in [-0.4, -0.2) is 45.5 Å². The molecule has 0 bridgehead atoms. The molecule has 0 amide bonds. The van der Waals surface area contributed by atoms with Gasteiger partial charge in [-0.25, -0.2) is 4.79 Å². The van der Waals surface area contributed by atoms with E-state index in [1.54, 1.807) is 0 Å². The molecule has 8 heteroatoms. The lowest BCUT2D eigenvalue weighted by Gasteiger charge is -2.18. The summed E-state index contributed by atoms with van der Waals surface area (Å²) in [5, 5.41) is 30.2. The van der Waals surface area contributed by atoms with E-state index in [1.165, 1.54) is 39.8 Å². The Labute approximate surface area is 133 Å². The fourth-order valence-corrected chi connectivity index (χ4v) is 1.51. The Morgan fingerprint density at radius 3 is 2.22 bits per heavy atom. The number of ether oxygens (including phenoxy) is 2. The highest BCUT2D eigenvalue weighted by Gasteiger charge is 2.25. The molecule has 0 atom stereocenters. The van der Waals surface area contributed by atoms with Crippen molar-refractivity contribution in [2.75, 3.05) is 13.2 Å². The minimum atomic E-state index is -1.25. The number of esters is 1. The molecular weight excluding hydrogens is 306 g/mol. The monoisotopic (exact) mass is 327 g/mol. The quantitative estimate of drug-likeness (QED) is 0.444. The number of carbonyl (C=O) groups is 1. The van der Waals surface area contributed by atoms with Crippen LogP contribution in [0.25, 0.3) is 0 Å².